The molecule has 0 bridgehead atoms. The Morgan fingerprint density at radius 3 is 2.94 bits per heavy atom. The topological polar surface area (TPSA) is 46.3 Å². The van der Waals surface area contributed by atoms with E-state index in [2.05, 4.69) is 6.92 Å². The van der Waals surface area contributed by atoms with Gasteiger partial charge in [-0.1, -0.05) is 13.0 Å². The Balaban J connectivity index is 2.27. The second-order valence-electron chi connectivity index (χ2n) is 5.08. The van der Waals surface area contributed by atoms with E-state index in [1.807, 2.05) is 30.0 Å². The minimum absolute atomic E-state index is 0.145. The Kier molecular flexibility index (Phi) is 3.90. The van der Waals surface area contributed by atoms with Gasteiger partial charge in [-0.3, -0.25) is 4.79 Å². The molecular weight excluding hydrogens is 224 g/mol. The number of amides is 1. The molecule has 1 saturated heterocycles. The van der Waals surface area contributed by atoms with Crippen molar-refractivity contribution in [2.75, 3.05) is 12.3 Å². The number of anilines is 1. The summed E-state index contributed by atoms with van der Waals surface area (Å²) in [6.45, 7) is 4.96. The van der Waals surface area contributed by atoms with E-state index in [1.54, 1.807) is 0 Å². The molecule has 3 nitrogen and oxygen atoms in total. The van der Waals surface area contributed by atoms with Gasteiger partial charge in [-0.25, -0.2) is 0 Å². The van der Waals surface area contributed by atoms with Gasteiger partial charge in [0.1, 0.15) is 0 Å². The molecule has 1 aliphatic heterocycles. The van der Waals surface area contributed by atoms with Crippen LogP contribution in [0.25, 0.3) is 0 Å². The van der Waals surface area contributed by atoms with Crippen LogP contribution in [0.15, 0.2) is 18.2 Å². The Bertz CT molecular complexity index is 442. The predicted octanol–water partition coefficient (Wildman–Crippen LogP) is 2.98. The fourth-order valence-corrected chi connectivity index (χ4v) is 2.73. The number of rotatable bonds is 2. The predicted molar refractivity (Wildman–Crippen MR) is 74.6 cm³/mol. The van der Waals surface area contributed by atoms with Gasteiger partial charge in [-0.15, -0.1) is 0 Å². The first-order chi connectivity index (χ1) is 8.65. The van der Waals surface area contributed by atoms with Crippen LogP contribution in [0.1, 0.15) is 48.5 Å². The highest BCUT2D eigenvalue weighted by Gasteiger charge is 2.27. The molecule has 0 radical (unpaired) electrons. The smallest absolute Gasteiger partial charge is 0.254 e. The van der Waals surface area contributed by atoms with Crippen molar-refractivity contribution in [3.63, 3.8) is 0 Å². The van der Waals surface area contributed by atoms with Gasteiger partial charge in [0.15, 0.2) is 0 Å². The van der Waals surface area contributed by atoms with Crippen LogP contribution in [0.3, 0.4) is 0 Å². The number of carbonyl (C=O) groups is 1. The molecule has 18 heavy (non-hydrogen) atoms. The summed E-state index contributed by atoms with van der Waals surface area (Å²) >= 11 is 0. The van der Waals surface area contributed by atoms with E-state index in [1.165, 1.54) is 6.42 Å². The highest BCUT2D eigenvalue weighted by molar-refractivity contribution is 5.97. The lowest BCUT2D eigenvalue weighted by atomic mass is 9.97. The summed E-state index contributed by atoms with van der Waals surface area (Å²) in [7, 11) is 0. The van der Waals surface area contributed by atoms with E-state index in [-0.39, 0.29) is 5.91 Å². The molecular formula is C15H22N2O. The standard InChI is InChI=1S/C15H22N2O/c1-3-12-7-4-5-10-17(12)15(18)13-8-6-9-14(16)11(13)2/h6,8-9,12H,3-5,7,10,16H2,1-2H3/t12-/m1/s1. The van der Waals surface area contributed by atoms with Gasteiger partial charge in [-0.2, -0.15) is 0 Å². The van der Waals surface area contributed by atoms with Gasteiger partial charge < -0.3 is 10.6 Å². The van der Waals surface area contributed by atoms with Gasteiger partial charge in [-0.05, 0) is 50.3 Å². The first kappa shape index (κ1) is 12.9. The number of carbonyl (C=O) groups excluding carboxylic acids is 1. The van der Waals surface area contributed by atoms with Crippen molar-refractivity contribution in [1.29, 1.82) is 0 Å². The number of hydrogen-bond donors (Lipinski definition) is 1. The number of likely N-dealkylation sites (tertiary alicyclic amines) is 1. The van der Waals surface area contributed by atoms with Crippen molar-refractivity contribution in [1.82, 2.24) is 4.90 Å². The number of nitrogens with two attached hydrogens (primary N) is 1. The Labute approximate surface area is 109 Å². The van der Waals surface area contributed by atoms with Crippen molar-refractivity contribution in [3.05, 3.63) is 29.3 Å². The van der Waals surface area contributed by atoms with Crippen LogP contribution in [0.2, 0.25) is 0 Å². The molecule has 0 unspecified atom stereocenters. The van der Waals surface area contributed by atoms with Crippen LogP contribution in [-0.4, -0.2) is 23.4 Å². The second kappa shape index (κ2) is 5.42. The molecule has 2 N–H and O–H groups in total. The summed E-state index contributed by atoms with van der Waals surface area (Å²) in [6.07, 6.45) is 4.51. The molecule has 0 aromatic heterocycles. The quantitative estimate of drug-likeness (QED) is 0.815. The van der Waals surface area contributed by atoms with Crippen LogP contribution < -0.4 is 5.73 Å². The minimum atomic E-state index is 0.145. The fraction of sp³-hybridized carbons (Fsp3) is 0.533. The highest BCUT2D eigenvalue weighted by Crippen LogP contribution is 2.24. The molecule has 1 aromatic rings. The van der Waals surface area contributed by atoms with Crippen molar-refractivity contribution in [2.24, 2.45) is 0 Å². The first-order valence-electron chi connectivity index (χ1n) is 6.81. The third kappa shape index (κ3) is 2.35. The van der Waals surface area contributed by atoms with Gasteiger partial charge in [0, 0.05) is 23.8 Å². The summed E-state index contributed by atoms with van der Waals surface area (Å²) in [5.74, 6) is 0.145. The normalized spacial score (nSPS) is 19.9. The zero-order valence-corrected chi connectivity index (χ0v) is 11.3. The lowest BCUT2D eigenvalue weighted by molar-refractivity contribution is 0.0607. The Morgan fingerprint density at radius 2 is 2.22 bits per heavy atom. The van der Waals surface area contributed by atoms with Crippen LogP contribution in [0, 0.1) is 6.92 Å². The zero-order chi connectivity index (χ0) is 13.1. The van der Waals surface area contributed by atoms with Gasteiger partial charge in [0.05, 0.1) is 0 Å². The van der Waals surface area contributed by atoms with Crippen LogP contribution >= 0.6 is 0 Å². The average Bonchev–Trinajstić information content (AvgIpc) is 2.41. The van der Waals surface area contributed by atoms with E-state index in [0.717, 1.165) is 36.9 Å². The summed E-state index contributed by atoms with van der Waals surface area (Å²) in [5, 5.41) is 0. The summed E-state index contributed by atoms with van der Waals surface area (Å²) in [5.41, 5.74) is 8.25. The number of hydrogen-bond acceptors (Lipinski definition) is 2. The molecule has 3 heteroatoms. The third-order valence-corrected chi connectivity index (χ3v) is 3.97. The van der Waals surface area contributed by atoms with E-state index >= 15 is 0 Å². The summed E-state index contributed by atoms with van der Waals surface area (Å²) < 4.78 is 0. The number of nitrogens with zero attached hydrogens (tertiary/aromatic N) is 1. The molecule has 98 valence electrons. The largest absolute Gasteiger partial charge is 0.398 e. The number of nitrogen functional groups attached to an aromatic ring is 1. The molecule has 2 rings (SSSR count). The molecule has 1 aliphatic rings. The molecule has 1 aromatic carbocycles. The Morgan fingerprint density at radius 1 is 1.44 bits per heavy atom. The highest BCUT2D eigenvalue weighted by atomic mass is 16.2. The lowest BCUT2D eigenvalue weighted by Crippen LogP contribution is -2.43. The molecule has 0 spiro atoms. The van der Waals surface area contributed by atoms with E-state index in [9.17, 15) is 4.79 Å². The van der Waals surface area contributed by atoms with E-state index in [0.29, 0.717) is 11.7 Å². The maximum atomic E-state index is 12.6. The first-order valence-corrected chi connectivity index (χ1v) is 6.81. The van der Waals surface area contributed by atoms with Crippen molar-refractivity contribution < 1.29 is 4.79 Å². The lowest BCUT2D eigenvalue weighted by Gasteiger charge is -2.35. The van der Waals surface area contributed by atoms with Crippen LogP contribution in [0.4, 0.5) is 5.69 Å². The number of benzene rings is 1. The molecule has 1 amide bonds. The fourth-order valence-electron chi connectivity index (χ4n) is 2.73. The molecule has 0 aliphatic carbocycles. The second-order valence-corrected chi connectivity index (χ2v) is 5.08. The van der Waals surface area contributed by atoms with Crippen molar-refractivity contribution >= 4 is 11.6 Å². The van der Waals surface area contributed by atoms with Crippen molar-refractivity contribution in [3.8, 4) is 0 Å². The van der Waals surface area contributed by atoms with Gasteiger partial charge >= 0.3 is 0 Å². The summed E-state index contributed by atoms with van der Waals surface area (Å²) in [6, 6.07) is 5.99. The van der Waals surface area contributed by atoms with Gasteiger partial charge in [0.25, 0.3) is 5.91 Å². The van der Waals surface area contributed by atoms with E-state index in [4.69, 9.17) is 5.73 Å². The minimum Gasteiger partial charge on any atom is -0.398 e. The zero-order valence-electron chi connectivity index (χ0n) is 11.3. The average molecular weight is 246 g/mol. The molecule has 1 atom stereocenters. The molecule has 1 heterocycles. The monoisotopic (exact) mass is 246 g/mol. The SMILES string of the molecule is CC[C@@H]1CCCCN1C(=O)c1cccc(N)c1C. The van der Waals surface area contributed by atoms with Crippen LogP contribution in [-0.2, 0) is 0 Å². The van der Waals surface area contributed by atoms with E-state index < -0.39 is 0 Å². The summed E-state index contributed by atoms with van der Waals surface area (Å²) in [4.78, 5) is 14.6. The molecule has 1 fully saturated rings. The number of piperidine rings is 1. The van der Waals surface area contributed by atoms with Crippen molar-refractivity contribution in [2.45, 2.75) is 45.6 Å². The maximum absolute atomic E-state index is 12.6. The molecule has 0 saturated carbocycles. The van der Waals surface area contributed by atoms with Crippen LogP contribution in [0.5, 0.6) is 0 Å². The third-order valence-electron chi connectivity index (χ3n) is 3.97. The maximum Gasteiger partial charge on any atom is 0.254 e. The van der Waals surface area contributed by atoms with Gasteiger partial charge in [0.2, 0.25) is 0 Å². The Hall–Kier alpha value is -1.51.